The molecule has 1 fully saturated rings. The van der Waals surface area contributed by atoms with Crippen LogP contribution in [0.5, 0.6) is 0 Å². The van der Waals surface area contributed by atoms with E-state index < -0.39 is 0 Å². The molecular weight excluding hydrogens is 283 g/mol. The molecule has 0 bridgehead atoms. The predicted molar refractivity (Wildman–Crippen MR) is 84.4 cm³/mol. The second-order valence-corrected chi connectivity index (χ2v) is 4.30. The lowest BCUT2D eigenvalue weighted by molar-refractivity contribution is 0.620. The molecule has 1 aromatic heterocycles. The number of anilines is 1. The first-order valence-corrected chi connectivity index (χ1v) is 5.92. The monoisotopic (exact) mass is 300 g/mol. The normalized spacial score (nSPS) is 14.8. The van der Waals surface area contributed by atoms with Gasteiger partial charge in [-0.25, -0.2) is 0 Å². The number of aryl methyl sites for hydroxylation is 1. The molecule has 0 aliphatic carbocycles. The predicted octanol–water partition coefficient (Wildman–Crippen LogP) is 2.28. The molecular formula is C13H18Cl2N4. The quantitative estimate of drug-likeness (QED) is 0.796. The van der Waals surface area contributed by atoms with Gasteiger partial charge in [0.05, 0.1) is 5.52 Å². The third-order valence-electron chi connectivity index (χ3n) is 3.15. The van der Waals surface area contributed by atoms with E-state index >= 15 is 0 Å². The van der Waals surface area contributed by atoms with Crippen molar-refractivity contribution in [3.8, 4) is 0 Å². The summed E-state index contributed by atoms with van der Waals surface area (Å²) in [7, 11) is 0. The van der Waals surface area contributed by atoms with Gasteiger partial charge in [0.1, 0.15) is 6.29 Å². The van der Waals surface area contributed by atoms with Crippen molar-refractivity contribution in [2.45, 2.75) is 13.2 Å². The number of rotatable bonds is 2. The minimum Gasteiger partial charge on any atom is -0.357 e. The molecule has 0 unspecified atom stereocenters. The summed E-state index contributed by atoms with van der Waals surface area (Å²) in [5.41, 5.74) is 3.39. The molecule has 0 saturated carbocycles. The van der Waals surface area contributed by atoms with Crippen LogP contribution in [0, 0.1) is 6.92 Å². The van der Waals surface area contributed by atoms with E-state index in [4.69, 9.17) is 0 Å². The summed E-state index contributed by atoms with van der Waals surface area (Å²) >= 11 is 0. The van der Waals surface area contributed by atoms with Gasteiger partial charge in [0.2, 0.25) is 0 Å². The number of hydrogen-bond donors (Lipinski definition) is 3. The zero-order valence-corrected chi connectivity index (χ0v) is 12.3. The van der Waals surface area contributed by atoms with E-state index in [2.05, 4.69) is 46.1 Å². The van der Waals surface area contributed by atoms with Crippen LogP contribution < -0.4 is 16.0 Å². The summed E-state index contributed by atoms with van der Waals surface area (Å²) in [6.45, 7) is 4.11. The summed E-state index contributed by atoms with van der Waals surface area (Å²) in [6.07, 6.45) is 2.00. The Balaban J connectivity index is 0.000000902. The Kier molecular flexibility index (Phi) is 5.82. The van der Waals surface area contributed by atoms with Gasteiger partial charge in [-0.05, 0) is 24.6 Å². The van der Waals surface area contributed by atoms with Gasteiger partial charge in [-0.3, -0.25) is 15.6 Å². The third kappa shape index (κ3) is 3.28. The number of benzene rings is 1. The minimum atomic E-state index is 0. The highest BCUT2D eigenvalue weighted by atomic mass is 35.5. The molecule has 0 spiro atoms. The molecule has 1 aliphatic heterocycles. The summed E-state index contributed by atoms with van der Waals surface area (Å²) in [6, 6.07) is 8.27. The molecule has 2 heterocycles. The molecule has 0 atom stereocenters. The Morgan fingerprint density at radius 1 is 1.16 bits per heavy atom. The minimum absolute atomic E-state index is 0. The fourth-order valence-corrected chi connectivity index (χ4v) is 2.21. The number of fused-ring (bicyclic) bond motifs is 1. The Labute approximate surface area is 125 Å². The zero-order valence-electron chi connectivity index (χ0n) is 10.6. The van der Waals surface area contributed by atoms with E-state index in [-0.39, 0.29) is 31.1 Å². The third-order valence-corrected chi connectivity index (χ3v) is 3.15. The highest BCUT2D eigenvalue weighted by molar-refractivity contribution is 5.86. The van der Waals surface area contributed by atoms with Gasteiger partial charge in [0, 0.05) is 30.4 Å². The Hall–Kier alpha value is -1.07. The first kappa shape index (κ1) is 16.0. The van der Waals surface area contributed by atoms with Crippen LogP contribution in [0.1, 0.15) is 5.56 Å². The second-order valence-electron chi connectivity index (χ2n) is 4.30. The Bertz CT molecular complexity index is 541. The summed E-state index contributed by atoms with van der Waals surface area (Å²) in [4.78, 5) is 4.44. The van der Waals surface area contributed by atoms with Gasteiger partial charge in [0.25, 0.3) is 0 Å². The average molecular weight is 301 g/mol. The van der Waals surface area contributed by atoms with Crippen molar-refractivity contribution in [2.75, 3.05) is 18.4 Å². The molecule has 4 nitrogen and oxygen atoms in total. The topological polar surface area (TPSA) is 49.0 Å². The molecule has 0 amide bonds. The van der Waals surface area contributed by atoms with E-state index in [9.17, 15) is 0 Å². The van der Waals surface area contributed by atoms with Crippen LogP contribution in [0.4, 0.5) is 5.69 Å². The van der Waals surface area contributed by atoms with Crippen molar-refractivity contribution in [1.82, 2.24) is 15.6 Å². The fraction of sp³-hybridized carbons (Fsp3) is 0.308. The fourth-order valence-electron chi connectivity index (χ4n) is 2.21. The molecule has 6 heteroatoms. The van der Waals surface area contributed by atoms with E-state index in [0.717, 1.165) is 24.3 Å². The molecule has 1 saturated heterocycles. The maximum atomic E-state index is 4.44. The van der Waals surface area contributed by atoms with Crippen molar-refractivity contribution >= 4 is 41.4 Å². The van der Waals surface area contributed by atoms with E-state index in [0.29, 0.717) is 0 Å². The molecule has 0 radical (unpaired) electrons. The number of halogens is 2. The highest BCUT2D eigenvalue weighted by Crippen LogP contribution is 2.23. The van der Waals surface area contributed by atoms with Crippen LogP contribution in [-0.4, -0.2) is 24.4 Å². The first-order chi connectivity index (χ1) is 8.34. The number of nitrogens with zero attached hydrogens (tertiary/aromatic N) is 1. The summed E-state index contributed by atoms with van der Waals surface area (Å²) in [5.74, 6) is 0. The lowest BCUT2D eigenvalue weighted by Crippen LogP contribution is -2.38. The van der Waals surface area contributed by atoms with Gasteiger partial charge < -0.3 is 5.32 Å². The molecule has 3 N–H and O–H groups in total. The Morgan fingerprint density at radius 2 is 1.89 bits per heavy atom. The standard InChI is InChI=1S/C13H16N4.2ClH/c1-9-11(17-13-15-7-8-16-13)5-4-10-3-2-6-14-12(9)10;;/h2-6,13,15-17H,7-8H2,1H3;2*1H. The smallest absolute Gasteiger partial charge is 0.132 e. The second kappa shape index (κ2) is 6.91. The average Bonchev–Trinajstić information content (AvgIpc) is 2.86. The molecule has 19 heavy (non-hydrogen) atoms. The van der Waals surface area contributed by atoms with Gasteiger partial charge in [0.15, 0.2) is 0 Å². The summed E-state index contributed by atoms with van der Waals surface area (Å²) in [5, 5.41) is 11.3. The van der Waals surface area contributed by atoms with Gasteiger partial charge in [-0.2, -0.15) is 0 Å². The maximum absolute atomic E-state index is 4.44. The SMILES string of the molecule is Cc1c(NC2NCCN2)ccc2cccnc12.Cl.Cl. The number of pyridine rings is 1. The van der Waals surface area contributed by atoms with Crippen LogP contribution in [0.2, 0.25) is 0 Å². The number of nitrogens with one attached hydrogen (secondary N) is 3. The van der Waals surface area contributed by atoms with Crippen LogP contribution in [0.15, 0.2) is 30.5 Å². The van der Waals surface area contributed by atoms with Crippen molar-refractivity contribution in [2.24, 2.45) is 0 Å². The van der Waals surface area contributed by atoms with Crippen LogP contribution >= 0.6 is 24.8 Å². The van der Waals surface area contributed by atoms with Crippen molar-refractivity contribution in [3.05, 3.63) is 36.0 Å². The molecule has 3 rings (SSSR count). The van der Waals surface area contributed by atoms with Gasteiger partial charge >= 0.3 is 0 Å². The van der Waals surface area contributed by atoms with E-state index in [1.165, 1.54) is 10.9 Å². The molecule has 1 aliphatic rings. The highest BCUT2D eigenvalue weighted by Gasteiger charge is 2.13. The van der Waals surface area contributed by atoms with Crippen molar-refractivity contribution in [1.29, 1.82) is 0 Å². The van der Waals surface area contributed by atoms with E-state index in [1.807, 2.05) is 12.3 Å². The van der Waals surface area contributed by atoms with E-state index in [1.54, 1.807) is 0 Å². The van der Waals surface area contributed by atoms with Crippen LogP contribution in [-0.2, 0) is 0 Å². The first-order valence-electron chi connectivity index (χ1n) is 5.92. The molecule has 104 valence electrons. The van der Waals surface area contributed by atoms with Gasteiger partial charge in [-0.15, -0.1) is 24.8 Å². The Morgan fingerprint density at radius 3 is 2.63 bits per heavy atom. The molecule has 1 aromatic carbocycles. The van der Waals surface area contributed by atoms with Crippen molar-refractivity contribution < 1.29 is 0 Å². The van der Waals surface area contributed by atoms with Gasteiger partial charge in [-0.1, -0.05) is 12.1 Å². The largest absolute Gasteiger partial charge is 0.357 e. The van der Waals surface area contributed by atoms with Crippen molar-refractivity contribution in [3.63, 3.8) is 0 Å². The number of hydrogen-bond acceptors (Lipinski definition) is 4. The summed E-state index contributed by atoms with van der Waals surface area (Å²) < 4.78 is 0. The lowest BCUT2D eigenvalue weighted by atomic mass is 10.1. The molecule has 2 aromatic rings. The van der Waals surface area contributed by atoms with Crippen LogP contribution in [0.3, 0.4) is 0 Å². The lowest BCUT2D eigenvalue weighted by Gasteiger charge is -2.17. The maximum Gasteiger partial charge on any atom is 0.132 e. The zero-order chi connectivity index (χ0) is 11.7. The van der Waals surface area contributed by atoms with Crippen LogP contribution in [0.25, 0.3) is 10.9 Å². The number of aromatic nitrogens is 1.